The number of benzene rings is 1. The molecular weight excluding hydrogens is 267 g/mol. The Bertz CT molecular complexity index is 598. The van der Waals surface area contributed by atoms with Gasteiger partial charge in [0.05, 0.1) is 17.5 Å². The third-order valence-electron chi connectivity index (χ3n) is 3.58. The Hall–Kier alpha value is -1.82. The van der Waals surface area contributed by atoms with Gasteiger partial charge < -0.3 is 5.32 Å². The number of nitrogens with zero attached hydrogens (tertiary/aromatic N) is 1. The average molecular weight is 281 g/mol. The molecule has 20 heavy (non-hydrogen) atoms. The minimum Gasteiger partial charge on any atom is -0.309 e. The normalized spacial score (nSPS) is 19.4. The molecule has 106 valence electrons. The van der Waals surface area contributed by atoms with Gasteiger partial charge in [-0.3, -0.25) is 5.10 Å². The SMILES string of the molecule is FC(F)(F)c1cccc(-c2cn[nH]c2[C@@H]2CCCN2)c1. The Morgan fingerprint density at radius 1 is 1.25 bits per heavy atom. The van der Waals surface area contributed by atoms with E-state index in [-0.39, 0.29) is 6.04 Å². The second kappa shape index (κ2) is 4.94. The molecule has 3 nitrogen and oxygen atoms in total. The first kappa shape index (κ1) is 13.2. The third-order valence-corrected chi connectivity index (χ3v) is 3.58. The number of nitrogens with one attached hydrogen (secondary N) is 2. The van der Waals surface area contributed by atoms with Gasteiger partial charge in [-0.1, -0.05) is 12.1 Å². The van der Waals surface area contributed by atoms with Crippen molar-refractivity contribution in [2.75, 3.05) is 6.54 Å². The van der Waals surface area contributed by atoms with E-state index in [1.54, 1.807) is 12.3 Å². The molecule has 0 spiro atoms. The zero-order valence-electron chi connectivity index (χ0n) is 10.7. The number of hydrogen-bond donors (Lipinski definition) is 2. The van der Waals surface area contributed by atoms with Crippen LogP contribution in [0.4, 0.5) is 13.2 Å². The van der Waals surface area contributed by atoms with Gasteiger partial charge in [-0.25, -0.2) is 0 Å². The van der Waals surface area contributed by atoms with Crippen LogP contribution in [-0.4, -0.2) is 16.7 Å². The van der Waals surface area contributed by atoms with Crippen molar-refractivity contribution in [3.63, 3.8) is 0 Å². The molecule has 1 aromatic carbocycles. The average Bonchev–Trinajstić information content (AvgIpc) is 3.08. The van der Waals surface area contributed by atoms with Gasteiger partial charge in [-0.2, -0.15) is 18.3 Å². The van der Waals surface area contributed by atoms with E-state index in [1.807, 2.05) is 0 Å². The van der Waals surface area contributed by atoms with Crippen LogP contribution < -0.4 is 5.32 Å². The lowest BCUT2D eigenvalue weighted by atomic mass is 9.99. The Morgan fingerprint density at radius 3 is 2.80 bits per heavy atom. The number of hydrogen-bond acceptors (Lipinski definition) is 2. The summed E-state index contributed by atoms with van der Waals surface area (Å²) in [6, 6.07) is 5.50. The molecule has 0 aliphatic carbocycles. The maximum Gasteiger partial charge on any atom is 0.416 e. The minimum absolute atomic E-state index is 0.141. The highest BCUT2D eigenvalue weighted by Crippen LogP contribution is 2.35. The Kier molecular flexibility index (Phi) is 3.25. The number of aromatic nitrogens is 2. The van der Waals surface area contributed by atoms with E-state index < -0.39 is 11.7 Å². The summed E-state index contributed by atoms with van der Waals surface area (Å²) in [5, 5.41) is 10.2. The van der Waals surface area contributed by atoms with Crippen LogP contribution in [0.5, 0.6) is 0 Å². The molecule has 0 radical (unpaired) electrons. The Balaban J connectivity index is 1.99. The van der Waals surface area contributed by atoms with Crippen LogP contribution >= 0.6 is 0 Å². The van der Waals surface area contributed by atoms with Gasteiger partial charge in [0.15, 0.2) is 0 Å². The lowest BCUT2D eigenvalue weighted by Crippen LogP contribution is -2.14. The molecule has 0 saturated carbocycles. The van der Waals surface area contributed by atoms with Crippen LogP contribution in [0, 0.1) is 0 Å². The third kappa shape index (κ3) is 2.43. The first-order valence-electron chi connectivity index (χ1n) is 6.50. The van der Waals surface area contributed by atoms with E-state index in [9.17, 15) is 13.2 Å². The molecule has 1 aromatic heterocycles. The van der Waals surface area contributed by atoms with Crippen LogP contribution in [0.1, 0.15) is 30.1 Å². The lowest BCUT2D eigenvalue weighted by molar-refractivity contribution is -0.137. The molecule has 1 saturated heterocycles. The smallest absolute Gasteiger partial charge is 0.309 e. The van der Waals surface area contributed by atoms with Gasteiger partial charge in [0, 0.05) is 11.6 Å². The molecule has 1 aliphatic rings. The fraction of sp³-hybridized carbons (Fsp3) is 0.357. The molecule has 2 N–H and O–H groups in total. The van der Waals surface area contributed by atoms with Crippen LogP contribution in [0.15, 0.2) is 30.5 Å². The van der Waals surface area contributed by atoms with E-state index >= 15 is 0 Å². The van der Waals surface area contributed by atoms with Crippen molar-refractivity contribution in [2.24, 2.45) is 0 Å². The lowest BCUT2D eigenvalue weighted by Gasteiger charge is -2.12. The first-order valence-corrected chi connectivity index (χ1v) is 6.50. The van der Waals surface area contributed by atoms with Crippen LogP contribution in [-0.2, 0) is 6.18 Å². The number of aromatic amines is 1. The van der Waals surface area contributed by atoms with E-state index in [2.05, 4.69) is 15.5 Å². The molecule has 1 atom stereocenters. The molecule has 3 rings (SSSR count). The molecule has 2 heterocycles. The quantitative estimate of drug-likeness (QED) is 0.884. The standard InChI is InChI=1S/C14H14F3N3/c15-14(16,17)10-4-1-3-9(7-10)11-8-19-20-13(11)12-5-2-6-18-12/h1,3-4,7-8,12,18H,2,5-6H2,(H,19,20)/t12-/m0/s1. The predicted molar refractivity (Wildman–Crippen MR) is 69.0 cm³/mol. The summed E-state index contributed by atoms with van der Waals surface area (Å²) in [4.78, 5) is 0. The van der Waals surface area contributed by atoms with Crippen molar-refractivity contribution in [2.45, 2.75) is 25.1 Å². The summed E-state index contributed by atoms with van der Waals surface area (Å²) in [5.41, 5.74) is 1.50. The number of H-pyrrole nitrogens is 1. The second-order valence-electron chi connectivity index (χ2n) is 4.92. The molecular formula is C14H14F3N3. The monoisotopic (exact) mass is 281 g/mol. The molecule has 1 aliphatic heterocycles. The summed E-state index contributed by atoms with van der Waals surface area (Å²) in [5.74, 6) is 0. The van der Waals surface area contributed by atoms with Crippen LogP contribution in [0.2, 0.25) is 0 Å². The number of halogens is 3. The maximum absolute atomic E-state index is 12.8. The van der Waals surface area contributed by atoms with E-state index in [0.717, 1.165) is 36.7 Å². The zero-order valence-corrected chi connectivity index (χ0v) is 10.7. The van der Waals surface area contributed by atoms with Gasteiger partial charge in [0.25, 0.3) is 0 Å². The fourth-order valence-electron chi connectivity index (χ4n) is 2.59. The molecule has 0 amide bonds. The summed E-state index contributed by atoms with van der Waals surface area (Å²) >= 11 is 0. The van der Waals surface area contributed by atoms with Gasteiger partial charge in [-0.15, -0.1) is 0 Å². The summed E-state index contributed by atoms with van der Waals surface area (Å²) in [6.45, 7) is 0.922. The number of alkyl halides is 3. The van der Waals surface area contributed by atoms with Crippen LogP contribution in [0.3, 0.4) is 0 Å². The van der Waals surface area contributed by atoms with Gasteiger partial charge >= 0.3 is 6.18 Å². The van der Waals surface area contributed by atoms with Gasteiger partial charge in [-0.05, 0) is 37.1 Å². The predicted octanol–water partition coefficient (Wildman–Crippen LogP) is 3.52. The minimum atomic E-state index is -4.33. The number of rotatable bonds is 2. The molecule has 2 aromatic rings. The molecule has 1 fully saturated rings. The van der Waals surface area contributed by atoms with Crippen molar-refractivity contribution >= 4 is 0 Å². The molecule has 6 heteroatoms. The highest BCUT2D eigenvalue weighted by Gasteiger charge is 2.31. The van der Waals surface area contributed by atoms with Crippen molar-refractivity contribution in [1.82, 2.24) is 15.5 Å². The largest absolute Gasteiger partial charge is 0.416 e. The Morgan fingerprint density at radius 2 is 2.10 bits per heavy atom. The van der Waals surface area contributed by atoms with Crippen molar-refractivity contribution in [3.05, 3.63) is 41.7 Å². The summed E-state index contributed by atoms with van der Waals surface area (Å²) in [6.07, 6.45) is -0.712. The van der Waals surface area contributed by atoms with Gasteiger partial charge in [0.1, 0.15) is 0 Å². The van der Waals surface area contributed by atoms with Crippen LogP contribution in [0.25, 0.3) is 11.1 Å². The summed E-state index contributed by atoms with van der Waals surface area (Å²) in [7, 11) is 0. The zero-order chi connectivity index (χ0) is 14.2. The topological polar surface area (TPSA) is 40.7 Å². The second-order valence-corrected chi connectivity index (χ2v) is 4.92. The van der Waals surface area contributed by atoms with Gasteiger partial charge in [0.2, 0.25) is 0 Å². The highest BCUT2D eigenvalue weighted by molar-refractivity contribution is 5.66. The van der Waals surface area contributed by atoms with Crippen molar-refractivity contribution in [1.29, 1.82) is 0 Å². The van der Waals surface area contributed by atoms with E-state index in [1.165, 1.54) is 12.1 Å². The molecule has 0 bridgehead atoms. The fourth-order valence-corrected chi connectivity index (χ4v) is 2.59. The van der Waals surface area contributed by atoms with E-state index in [0.29, 0.717) is 5.56 Å². The molecule has 0 unspecified atom stereocenters. The van der Waals surface area contributed by atoms with Crippen molar-refractivity contribution in [3.8, 4) is 11.1 Å². The highest BCUT2D eigenvalue weighted by atomic mass is 19.4. The van der Waals surface area contributed by atoms with E-state index in [4.69, 9.17) is 0 Å². The Labute approximate surface area is 114 Å². The first-order chi connectivity index (χ1) is 9.55. The summed E-state index contributed by atoms with van der Waals surface area (Å²) < 4.78 is 38.3. The maximum atomic E-state index is 12.8. The van der Waals surface area contributed by atoms with Crippen molar-refractivity contribution < 1.29 is 13.2 Å².